The zero-order valence-corrected chi connectivity index (χ0v) is 18.1. The number of nitrogens with zero attached hydrogens (tertiary/aromatic N) is 2. The average Bonchev–Trinajstić information content (AvgIpc) is 3.60. The highest BCUT2D eigenvalue weighted by molar-refractivity contribution is 5.95. The van der Waals surface area contributed by atoms with Crippen molar-refractivity contribution in [1.82, 2.24) is 9.88 Å². The van der Waals surface area contributed by atoms with E-state index in [0.717, 1.165) is 25.0 Å². The number of carbonyl (C=O) groups is 1. The molecule has 2 aliphatic rings. The lowest BCUT2D eigenvalue weighted by atomic mass is 9.79. The van der Waals surface area contributed by atoms with E-state index in [9.17, 15) is 32.6 Å². The predicted octanol–water partition coefficient (Wildman–Crippen LogP) is 4.43. The number of rotatable bonds is 5. The zero-order chi connectivity index (χ0) is 24.0. The van der Waals surface area contributed by atoms with Crippen molar-refractivity contribution in [2.24, 2.45) is 0 Å². The summed E-state index contributed by atoms with van der Waals surface area (Å²) in [4.78, 5) is 19.0. The second-order valence-electron chi connectivity index (χ2n) is 9.19. The summed E-state index contributed by atoms with van der Waals surface area (Å²) in [5, 5.41) is 20.8. The molecule has 4 rings (SSSR count). The van der Waals surface area contributed by atoms with Gasteiger partial charge in [0.05, 0.1) is 0 Å². The van der Waals surface area contributed by atoms with Gasteiger partial charge in [-0.2, -0.15) is 13.2 Å². The fourth-order valence-corrected chi connectivity index (χ4v) is 4.56. The van der Waals surface area contributed by atoms with Crippen molar-refractivity contribution < 1.29 is 32.6 Å². The molecule has 0 spiro atoms. The average molecular weight is 466 g/mol. The van der Waals surface area contributed by atoms with E-state index in [1.165, 1.54) is 30.5 Å². The number of aliphatic hydroxyl groups is 2. The second kappa shape index (κ2) is 8.36. The molecular weight excluding hydrogens is 440 g/mol. The van der Waals surface area contributed by atoms with E-state index in [4.69, 9.17) is 0 Å². The summed E-state index contributed by atoms with van der Waals surface area (Å²) < 4.78 is 53.5. The van der Waals surface area contributed by atoms with Crippen LogP contribution in [0.2, 0.25) is 0 Å². The van der Waals surface area contributed by atoms with Gasteiger partial charge in [-0.1, -0.05) is 12.1 Å². The Bertz CT molecular complexity index is 1010. The van der Waals surface area contributed by atoms with Crippen molar-refractivity contribution >= 4 is 5.91 Å². The molecule has 0 radical (unpaired) electrons. The zero-order valence-electron chi connectivity index (χ0n) is 18.1. The molecule has 1 aromatic carbocycles. The van der Waals surface area contributed by atoms with Crippen LogP contribution in [0.4, 0.5) is 17.6 Å². The van der Waals surface area contributed by atoms with Gasteiger partial charge in [0.15, 0.2) is 5.60 Å². The van der Waals surface area contributed by atoms with Gasteiger partial charge < -0.3 is 15.1 Å². The topological polar surface area (TPSA) is 73.7 Å². The third kappa shape index (κ3) is 4.48. The number of hydrogen-bond acceptors (Lipinski definition) is 4. The first-order valence-electron chi connectivity index (χ1n) is 11.0. The lowest BCUT2D eigenvalue weighted by molar-refractivity contribution is -0.258. The Morgan fingerprint density at radius 3 is 2.15 bits per heavy atom. The number of halogens is 4. The fraction of sp³-hybridized carbons (Fsp3) is 0.500. The minimum atomic E-state index is -4.84. The van der Waals surface area contributed by atoms with Crippen molar-refractivity contribution in [3.05, 3.63) is 65.2 Å². The van der Waals surface area contributed by atoms with Gasteiger partial charge in [-0.25, -0.2) is 4.39 Å². The molecule has 0 bridgehead atoms. The maximum Gasteiger partial charge on any atom is 0.421 e. The van der Waals surface area contributed by atoms with Crippen LogP contribution in [0.3, 0.4) is 0 Å². The second-order valence-corrected chi connectivity index (χ2v) is 9.19. The fourth-order valence-electron chi connectivity index (χ4n) is 4.56. The Morgan fingerprint density at radius 1 is 1.06 bits per heavy atom. The SMILES string of the molecule is C[C@](O)(c1ccc(C(=O)N(C2CC2)[C@H]2CC[C@](O)(c3ncccc3F)CC2)cc1)C(F)(F)F. The van der Waals surface area contributed by atoms with Crippen LogP contribution in [0.1, 0.15) is 67.1 Å². The smallest absolute Gasteiger partial charge is 0.383 e. The highest BCUT2D eigenvalue weighted by atomic mass is 19.4. The lowest BCUT2D eigenvalue weighted by Gasteiger charge is -2.41. The molecule has 0 aliphatic heterocycles. The van der Waals surface area contributed by atoms with Gasteiger partial charge in [0.1, 0.15) is 17.1 Å². The molecule has 1 heterocycles. The summed E-state index contributed by atoms with van der Waals surface area (Å²) in [6.45, 7) is 0.675. The molecule has 33 heavy (non-hydrogen) atoms. The third-order valence-corrected chi connectivity index (χ3v) is 6.80. The van der Waals surface area contributed by atoms with Crippen molar-refractivity contribution in [3.8, 4) is 0 Å². The molecule has 2 aliphatic carbocycles. The largest absolute Gasteiger partial charge is 0.421 e. The van der Waals surface area contributed by atoms with Gasteiger partial charge in [-0.05, 0) is 75.3 Å². The van der Waals surface area contributed by atoms with Gasteiger partial charge in [-0.15, -0.1) is 0 Å². The van der Waals surface area contributed by atoms with Crippen LogP contribution in [0.25, 0.3) is 0 Å². The van der Waals surface area contributed by atoms with Crippen LogP contribution in [-0.2, 0) is 11.2 Å². The molecule has 1 aromatic heterocycles. The summed E-state index contributed by atoms with van der Waals surface area (Å²) in [5.74, 6) is -0.862. The first-order chi connectivity index (χ1) is 15.4. The molecule has 2 aromatic rings. The molecule has 0 saturated heterocycles. The van der Waals surface area contributed by atoms with Gasteiger partial charge in [-0.3, -0.25) is 9.78 Å². The van der Waals surface area contributed by atoms with Crippen molar-refractivity contribution in [2.75, 3.05) is 0 Å². The molecule has 1 atom stereocenters. The predicted molar refractivity (Wildman–Crippen MR) is 112 cm³/mol. The highest BCUT2D eigenvalue weighted by Crippen LogP contribution is 2.42. The van der Waals surface area contributed by atoms with Gasteiger partial charge in [0, 0.05) is 23.8 Å². The molecule has 2 fully saturated rings. The van der Waals surface area contributed by atoms with Crippen LogP contribution in [0.5, 0.6) is 0 Å². The van der Waals surface area contributed by atoms with Crippen LogP contribution < -0.4 is 0 Å². The van der Waals surface area contributed by atoms with Gasteiger partial charge in [0.2, 0.25) is 0 Å². The Labute approximate surface area is 189 Å². The maximum atomic E-state index is 14.2. The monoisotopic (exact) mass is 466 g/mol. The number of amides is 1. The number of aromatic nitrogens is 1. The standard InChI is InChI=1S/C24H26F4N2O3/c1-22(32,24(26,27)28)16-6-4-15(5-7-16)21(31)30(17-8-9-17)18-10-12-23(33,13-11-18)20-19(25)3-2-14-29-20/h2-7,14,17-18,32-33H,8-13H2,1H3/t18-,22-,23+/m0/s1. The molecule has 0 unspecified atom stereocenters. The number of benzene rings is 1. The van der Waals surface area contributed by atoms with Gasteiger partial charge in [0.25, 0.3) is 5.91 Å². The maximum absolute atomic E-state index is 14.2. The summed E-state index contributed by atoms with van der Waals surface area (Å²) in [5.41, 5.74) is -4.51. The first-order valence-corrected chi connectivity index (χ1v) is 11.0. The molecule has 5 nitrogen and oxygen atoms in total. The minimum Gasteiger partial charge on any atom is -0.383 e. The Morgan fingerprint density at radius 2 is 1.64 bits per heavy atom. The summed E-state index contributed by atoms with van der Waals surface area (Å²) in [6, 6.07) is 7.43. The first kappa shape index (κ1) is 23.6. The molecule has 1 amide bonds. The van der Waals surface area contributed by atoms with E-state index in [2.05, 4.69) is 4.98 Å². The Hall–Kier alpha value is -2.52. The number of alkyl halides is 3. The highest BCUT2D eigenvalue weighted by Gasteiger charge is 2.51. The van der Waals surface area contributed by atoms with Crippen LogP contribution in [0.15, 0.2) is 42.6 Å². The van der Waals surface area contributed by atoms with Crippen LogP contribution in [-0.4, -0.2) is 44.3 Å². The van der Waals surface area contributed by atoms with E-state index >= 15 is 0 Å². The van der Waals surface area contributed by atoms with Gasteiger partial charge >= 0.3 is 6.18 Å². The third-order valence-electron chi connectivity index (χ3n) is 6.80. The molecule has 2 saturated carbocycles. The Kier molecular flexibility index (Phi) is 5.99. The quantitative estimate of drug-likeness (QED) is 0.640. The number of hydrogen-bond donors (Lipinski definition) is 2. The van der Waals surface area contributed by atoms with E-state index in [1.807, 2.05) is 0 Å². The van der Waals surface area contributed by atoms with E-state index < -0.39 is 23.2 Å². The van der Waals surface area contributed by atoms with Crippen molar-refractivity contribution in [2.45, 2.75) is 74.9 Å². The summed E-state index contributed by atoms with van der Waals surface area (Å²) in [6.07, 6.45) is -0.340. The molecule has 178 valence electrons. The lowest BCUT2D eigenvalue weighted by Crippen LogP contribution is -2.47. The molecule has 2 N–H and O–H groups in total. The van der Waals surface area contributed by atoms with Crippen LogP contribution >= 0.6 is 0 Å². The van der Waals surface area contributed by atoms with Crippen molar-refractivity contribution in [1.29, 1.82) is 0 Å². The van der Waals surface area contributed by atoms with Crippen LogP contribution in [0, 0.1) is 5.82 Å². The summed E-state index contributed by atoms with van der Waals surface area (Å²) >= 11 is 0. The van der Waals surface area contributed by atoms with E-state index in [-0.39, 0.29) is 47.7 Å². The molecular formula is C24H26F4N2O3. The van der Waals surface area contributed by atoms with E-state index in [1.54, 1.807) is 4.90 Å². The molecule has 9 heteroatoms. The minimum absolute atomic E-state index is 0.0139. The van der Waals surface area contributed by atoms with Crippen molar-refractivity contribution in [3.63, 3.8) is 0 Å². The summed E-state index contributed by atoms with van der Waals surface area (Å²) in [7, 11) is 0. The van der Waals surface area contributed by atoms with E-state index in [0.29, 0.717) is 19.8 Å². The number of pyridine rings is 1. The number of carbonyl (C=O) groups excluding carboxylic acids is 1. The Balaban J connectivity index is 1.50. The normalized spacial score (nSPS) is 25.4.